The van der Waals surface area contributed by atoms with Crippen LogP contribution in [0.4, 0.5) is 0 Å². The SMILES string of the molecule is CC#Cc1cccc(OC(=O)c2cc(C(=O)Oc3cccc(C#CC)c3)cc(C(=O)Oc3cccc(C#CC)c3)c2)c1.CC#Cc1cccc(OC(=O)c2cccc(C(=O)Oc3cccc(C#CC)c3)c2)c1.CC#Cc1cccc(OC(=O)c2ccccc2)c1. The summed E-state index contributed by atoms with van der Waals surface area (Å²) in [7, 11) is 0. The molecule has 9 rings (SSSR count). The molecule has 12 heteroatoms. The molecule has 0 aromatic heterocycles. The summed E-state index contributed by atoms with van der Waals surface area (Å²) in [6, 6.07) is 60.1. The fraction of sp³-hybridized carbons (Fsp3) is 0.0769. The first-order valence-electron chi connectivity index (χ1n) is 27.6. The highest BCUT2D eigenvalue weighted by Gasteiger charge is 2.21. The molecule has 90 heavy (non-hydrogen) atoms. The highest BCUT2D eigenvalue weighted by atomic mass is 16.6. The van der Waals surface area contributed by atoms with Gasteiger partial charge in [0.15, 0.2) is 0 Å². The van der Waals surface area contributed by atoms with Gasteiger partial charge in [-0.3, -0.25) is 0 Å². The van der Waals surface area contributed by atoms with E-state index in [1.165, 1.54) is 24.3 Å². The molecule has 0 aliphatic rings. The summed E-state index contributed by atoms with van der Waals surface area (Å²) < 4.78 is 32.7. The van der Waals surface area contributed by atoms with Crippen molar-refractivity contribution in [1.82, 2.24) is 0 Å². The predicted molar refractivity (Wildman–Crippen MR) is 343 cm³/mol. The third kappa shape index (κ3) is 20.2. The quantitative estimate of drug-likeness (QED) is 0.0649. The van der Waals surface area contributed by atoms with Gasteiger partial charge in [-0.1, -0.05) is 96.2 Å². The van der Waals surface area contributed by atoms with E-state index in [1.807, 2.05) is 30.3 Å². The summed E-state index contributed by atoms with van der Waals surface area (Å²) in [5.41, 5.74) is 5.14. The maximum absolute atomic E-state index is 13.2. The summed E-state index contributed by atoms with van der Waals surface area (Å²) in [5.74, 6) is 32.3. The molecule has 0 bridgehead atoms. The van der Waals surface area contributed by atoms with Crippen molar-refractivity contribution in [1.29, 1.82) is 0 Å². The first-order chi connectivity index (χ1) is 43.8. The van der Waals surface area contributed by atoms with Gasteiger partial charge in [0.25, 0.3) is 0 Å². The molecule has 9 aromatic rings. The van der Waals surface area contributed by atoms with Crippen LogP contribution in [0.15, 0.2) is 218 Å². The molecular formula is C78H54O12. The maximum Gasteiger partial charge on any atom is 0.343 e. The summed E-state index contributed by atoms with van der Waals surface area (Å²) in [4.78, 5) is 76.4. The number of hydrogen-bond acceptors (Lipinski definition) is 12. The molecule has 0 spiro atoms. The van der Waals surface area contributed by atoms with Crippen LogP contribution in [0.2, 0.25) is 0 Å². The Kier molecular flexibility index (Phi) is 24.2. The van der Waals surface area contributed by atoms with Crippen LogP contribution in [0.25, 0.3) is 0 Å². The first-order valence-corrected chi connectivity index (χ1v) is 27.6. The summed E-state index contributed by atoms with van der Waals surface area (Å²) in [6.07, 6.45) is 0. The lowest BCUT2D eigenvalue weighted by Gasteiger charge is -2.11. The topological polar surface area (TPSA) is 158 Å². The van der Waals surface area contributed by atoms with Crippen molar-refractivity contribution in [3.8, 4) is 106 Å². The molecule has 0 saturated carbocycles. The van der Waals surface area contributed by atoms with Gasteiger partial charge in [0.05, 0.1) is 33.4 Å². The zero-order valence-electron chi connectivity index (χ0n) is 49.7. The Balaban J connectivity index is 0.000000208. The minimum Gasteiger partial charge on any atom is -0.423 e. The molecule has 0 saturated heterocycles. The number of ether oxygens (including phenoxy) is 6. The molecule has 0 N–H and O–H groups in total. The molecule has 0 atom stereocenters. The average molecular weight is 1180 g/mol. The zero-order valence-corrected chi connectivity index (χ0v) is 49.7. The van der Waals surface area contributed by atoms with E-state index >= 15 is 0 Å². The van der Waals surface area contributed by atoms with E-state index in [9.17, 15) is 28.8 Å². The fourth-order valence-corrected chi connectivity index (χ4v) is 8.01. The van der Waals surface area contributed by atoms with Gasteiger partial charge < -0.3 is 28.4 Å². The summed E-state index contributed by atoms with van der Waals surface area (Å²) in [5, 5.41) is 0. The Bertz CT molecular complexity index is 4240. The Labute approximate surface area is 522 Å². The van der Waals surface area contributed by atoms with Crippen molar-refractivity contribution >= 4 is 35.8 Å². The molecule has 0 aliphatic carbocycles. The van der Waals surface area contributed by atoms with Crippen LogP contribution < -0.4 is 28.4 Å². The lowest BCUT2D eigenvalue weighted by Crippen LogP contribution is -2.16. The van der Waals surface area contributed by atoms with Crippen molar-refractivity contribution < 1.29 is 57.2 Å². The molecule has 12 nitrogen and oxygen atoms in total. The maximum atomic E-state index is 13.2. The van der Waals surface area contributed by atoms with Crippen LogP contribution in [0.5, 0.6) is 34.5 Å². The molecule has 438 valence electrons. The van der Waals surface area contributed by atoms with E-state index < -0.39 is 29.8 Å². The third-order valence-electron chi connectivity index (χ3n) is 11.9. The smallest absolute Gasteiger partial charge is 0.343 e. The average Bonchev–Trinajstić information content (AvgIpc) is 1.32. The van der Waals surface area contributed by atoms with Gasteiger partial charge in [-0.15, -0.1) is 35.5 Å². The number of hydrogen-bond donors (Lipinski definition) is 0. The second-order valence-corrected chi connectivity index (χ2v) is 18.5. The Morgan fingerprint density at radius 1 is 0.211 bits per heavy atom. The predicted octanol–water partition coefficient (Wildman–Crippen LogP) is 14.6. The van der Waals surface area contributed by atoms with Crippen LogP contribution in [-0.2, 0) is 0 Å². The van der Waals surface area contributed by atoms with E-state index in [0.29, 0.717) is 39.5 Å². The number of rotatable bonds is 12. The minimum absolute atomic E-state index is 0.0559. The molecule has 0 fully saturated rings. The molecule has 9 aromatic carbocycles. The Morgan fingerprint density at radius 3 is 0.633 bits per heavy atom. The second-order valence-electron chi connectivity index (χ2n) is 18.5. The van der Waals surface area contributed by atoms with Crippen molar-refractivity contribution in [2.24, 2.45) is 0 Å². The van der Waals surface area contributed by atoms with E-state index in [2.05, 4.69) is 71.0 Å². The van der Waals surface area contributed by atoms with Gasteiger partial charge in [-0.2, -0.15) is 0 Å². The monoisotopic (exact) mass is 1180 g/mol. The van der Waals surface area contributed by atoms with Crippen LogP contribution in [0.1, 0.15) is 137 Å². The molecule has 0 unspecified atom stereocenters. The van der Waals surface area contributed by atoms with Gasteiger partial charge in [-0.05, 0) is 199 Å². The van der Waals surface area contributed by atoms with Crippen molar-refractivity contribution in [2.45, 2.75) is 41.5 Å². The molecule has 0 radical (unpaired) electrons. The lowest BCUT2D eigenvalue weighted by atomic mass is 10.1. The lowest BCUT2D eigenvalue weighted by molar-refractivity contribution is 0.0711. The standard InChI is InChI=1S/C36H24O6.C26H18O4.C16H12O2/c1-4-10-25-13-7-16-31(19-25)40-34(37)28-22-29(35(38)41-32-17-8-14-26(20-32)11-5-2)24-30(23-28)36(39)42-33-18-9-15-27(21-33)12-6-3;1-3-8-19-10-5-14-23(16-19)29-25(27)21-12-7-13-22(18-21)26(28)30-24-15-6-11-20(17-24)9-4-2;1-2-7-13-8-6-11-15(12-13)18-16(17)14-9-4-3-5-10-14/h7-9,13-24H,1-3H3;5-7,10-18H,1-2H3;3-6,8-12H,1H3. The third-order valence-corrected chi connectivity index (χ3v) is 11.9. The van der Waals surface area contributed by atoms with Gasteiger partial charge in [0.2, 0.25) is 0 Å². The molecule has 0 heterocycles. The summed E-state index contributed by atoms with van der Waals surface area (Å²) in [6.45, 7) is 10.3. The highest BCUT2D eigenvalue weighted by molar-refractivity contribution is 6.02. The van der Waals surface area contributed by atoms with Gasteiger partial charge in [0, 0.05) is 33.4 Å². The largest absolute Gasteiger partial charge is 0.423 e. The van der Waals surface area contributed by atoms with Gasteiger partial charge in [-0.25, -0.2) is 28.8 Å². The van der Waals surface area contributed by atoms with Crippen molar-refractivity contribution in [3.05, 3.63) is 285 Å². The van der Waals surface area contributed by atoms with E-state index in [-0.39, 0.29) is 51.0 Å². The zero-order chi connectivity index (χ0) is 64.0. The van der Waals surface area contributed by atoms with E-state index in [4.69, 9.17) is 28.4 Å². The minimum atomic E-state index is -0.791. The number of carbonyl (C=O) groups excluding carboxylic acids is 6. The van der Waals surface area contributed by atoms with Crippen molar-refractivity contribution in [3.63, 3.8) is 0 Å². The van der Waals surface area contributed by atoms with Gasteiger partial charge in [0.1, 0.15) is 34.5 Å². The summed E-state index contributed by atoms with van der Waals surface area (Å²) >= 11 is 0. The first kappa shape index (κ1) is 64.7. The van der Waals surface area contributed by atoms with Crippen LogP contribution in [0, 0.1) is 71.0 Å². The normalized spacial score (nSPS) is 9.40. The molecular weight excluding hydrogens is 1130 g/mol. The number of carbonyl (C=O) groups is 6. The van der Waals surface area contributed by atoms with Crippen LogP contribution >= 0.6 is 0 Å². The molecule has 0 amide bonds. The number of benzene rings is 9. The van der Waals surface area contributed by atoms with E-state index in [1.54, 1.807) is 205 Å². The highest BCUT2D eigenvalue weighted by Crippen LogP contribution is 2.24. The Morgan fingerprint density at radius 2 is 0.400 bits per heavy atom. The number of esters is 6. The fourth-order valence-electron chi connectivity index (χ4n) is 8.01. The second kappa shape index (κ2) is 33.6. The Hall–Kier alpha value is -12.8. The van der Waals surface area contributed by atoms with E-state index in [0.717, 1.165) is 16.7 Å². The molecule has 0 aliphatic heterocycles. The van der Waals surface area contributed by atoms with Crippen molar-refractivity contribution in [2.75, 3.05) is 0 Å². The van der Waals surface area contributed by atoms with Crippen LogP contribution in [-0.4, -0.2) is 35.8 Å². The van der Waals surface area contributed by atoms with Crippen LogP contribution in [0.3, 0.4) is 0 Å². The van der Waals surface area contributed by atoms with Gasteiger partial charge >= 0.3 is 35.8 Å².